The quantitative estimate of drug-likeness (QED) is 0.843. The molecule has 0 spiro atoms. The first kappa shape index (κ1) is 17.9. The molecule has 1 atom stereocenters. The van der Waals surface area contributed by atoms with Gasteiger partial charge in [0.25, 0.3) is 0 Å². The highest BCUT2D eigenvalue weighted by atomic mass is 79.9. The molecule has 1 aromatic rings. The lowest BCUT2D eigenvalue weighted by Crippen LogP contribution is -2.41. The average Bonchev–Trinajstić information content (AvgIpc) is 2.35. The van der Waals surface area contributed by atoms with Gasteiger partial charge in [-0.05, 0) is 45.9 Å². The Bertz CT molecular complexity index is 489. The van der Waals surface area contributed by atoms with Crippen LogP contribution in [0.3, 0.4) is 0 Å². The Kier molecular flexibility index (Phi) is 6.61. The fourth-order valence-corrected chi connectivity index (χ4v) is 1.99. The van der Waals surface area contributed by atoms with Crippen LogP contribution in [-0.2, 0) is 11.3 Å². The van der Waals surface area contributed by atoms with E-state index in [0.29, 0.717) is 18.7 Å². The zero-order valence-electron chi connectivity index (χ0n) is 12.8. The van der Waals surface area contributed by atoms with Crippen molar-refractivity contribution in [3.05, 3.63) is 34.1 Å². The molecular weight excluding hydrogens is 339 g/mol. The molecular formula is C15H22BrFN2O2. The van der Waals surface area contributed by atoms with Gasteiger partial charge < -0.3 is 15.4 Å². The molecule has 21 heavy (non-hydrogen) atoms. The van der Waals surface area contributed by atoms with Crippen molar-refractivity contribution < 1.29 is 13.9 Å². The number of hydrogen-bond donors (Lipinski definition) is 2. The van der Waals surface area contributed by atoms with Crippen LogP contribution in [0, 0.1) is 5.82 Å². The number of amides is 1. The van der Waals surface area contributed by atoms with Gasteiger partial charge in [-0.1, -0.05) is 15.9 Å². The average molecular weight is 361 g/mol. The van der Waals surface area contributed by atoms with Crippen molar-refractivity contribution in [2.24, 2.45) is 0 Å². The first-order chi connectivity index (χ1) is 9.67. The summed E-state index contributed by atoms with van der Waals surface area (Å²) in [6.07, 6.45) is -0.454. The fourth-order valence-electron chi connectivity index (χ4n) is 1.59. The Balaban J connectivity index is 2.36. The number of ether oxygens (including phenoxy) is 1. The summed E-state index contributed by atoms with van der Waals surface area (Å²) in [5.41, 5.74) is 0.0636. The van der Waals surface area contributed by atoms with Crippen molar-refractivity contribution >= 4 is 22.0 Å². The van der Waals surface area contributed by atoms with Crippen LogP contribution < -0.4 is 10.6 Å². The lowest BCUT2D eigenvalue weighted by atomic mass is 10.2. The van der Waals surface area contributed by atoms with Crippen molar-refractivity contribution in [2.45, 2.75) is 45.9 Å². The third-order valence-electron chi connectivity index (χ3n) is 2.60. The van der Waals surface area contributed by atoms with Crippen molar-refractivity contribution in [3.8, 4) is 0 Å². The monoisotopic (exact) mass is 360 g/mol. The third kappa shape index (κ3) is 7.43. The first-order valence-corrected chi connectivity index (χ1v) is 7.61. The number of halogens is 2. The van der Waals surface area contributed by atoms with Crippen LogP contribution in [-0.4, -0.2) is 24.3 Å². The second-order valence-corrected chi connectivity index (χ2v) is 6.82. The molecule has 1 rings (SSSR count). The van der Waals surface area contributed by atoms with Crippen molar-refractivity contribution in [2.75, 3.05) is 6.54 Å². The minimum absolute atomic E-state index is 0.00380. The lowest BCUT2D eigenvalue weighted by molar-refractivity contribution is 0.0523. The Hall–Kier alpha value is -1.14. The number of nitrogens with one attached hydrogen (secondary N) is 2. The van der Waals surface area contributed by atoms with Crippen molar-refractivity contribution in [1.82, 2.24) is 10.6 Å². The smallest absolute Gasteiger partial charge is 0.407 e. The summed E-state index contributed by atoms with van der Waals surface area (Å²) in [6.45, 7) is 8.14. The summed E-state index contributed by atoms with van der Waals surface area (Å²) in [5.74, 6) is -0.252. The molecule has 0 saturated heterocycles. The molecule has 0 fully saturated rings. The van der Waals surface area contributed by atoms with Crippen LogP contribution >= 0.6 is 15.9 Å². The highest BCUT2D eigenvalue weighted by Crippen LogP contribution is 2.15. The maximum Gasteiger partial charge on any atom is 0.407 e. The summed E-state index contributed by atoms with van der Waals surface area (Å²) in [7, 11) is 0. The van der Waals surface area contributed by atoms with E-state index in [2.05, 4.69) is 26.6 Å². The van der Waals surface area contributed by atoms with E-state index in [1.54, 1.807) is 12.1 Å². The highest BCUT2D eigenvalue weighted by molar-refractivity contribution is 9.10. The van der Waals surface area contributed by atoms with E-state index in [0.717, 1.165) is 4.47 Å². The second kappa shape index (κ2) is 7.75. The van der Waals surface area contributed by atoms with Crippen molar-refractivity contribution in [1.29, 1.82) is 0 Å². The maximum atomic E-state index is 13.6. The minimum atomic E-state index is -0.514. The molecule has 1 amide bonds. The molecule has 4 nitrogen and oxygen atoms in total. The van der Waals surface area contributed by atoms with E-state index in [9.17, 15) is 9.18 Å². The van der Waals surface area contributed by atoms with Crippen LogP contribution in [0.2, 0.25) is 0 Å². The molecule has 0 radical (unpaired) electrons. The number of alkyl carbamates (subject to hydrolysis) is 1. The molecule has 118 valence electrons. The number of carbonyl (C=O) groups is 1. The first-order valence-electron chi connectivity index (χ1n) is 6.81. The summed E-state index contributed by atoms with van der Waals surface area (Å²) in [4.78, 5) is 11.5. The van der Waals surface area contributed by atoms with Crippen molar-refractivity contribution in [3.63, 3.8) is 0 Å². The van der Waals surface area contributed by atoms with Gasteiger partial charge in [-0.15, -0.1) is 0 Å². The molecule has 0 aliphatic rings. The summed E-state index contributed by atoms with van der Waals surface area (Å²) in [6, 6.07) is 4.81. The molecule has 0 aliphatic carbocycles. The van der Waals surface area contributed by atoms with Crippen LogP contribution in [0.15, 0.2) is 22.7 Å². The Labute approximate surface area is 133 Å². The SMILES string of the molecule is CC(CNC(=O)OC(C)(C)C)NCc1cc(Br)ccc1F. The third-order valence-corrected chi connectivity index (χ3v) is 3.09. The molecule has 0 aliphatic heterocycles. The van der Waals surface area contributed by atoms with Gasteiger partial charge in [0, 0.05) is 29.2 Å². The van der Waals surface area contributed by atoms with Gasteiger partial charge in [0.05, 0.1) is 0 Å². The Morgan fingerprint density at radius 3 is 2.71 bits per heavy atom. The molecule has 0 aromatic heterocycles. The summed E-state index contributed by atoms with van der Waals surface area (Å²) in [5, 5.41) is 5.83. The van der Waals surface area contributed by atoms with E-state index < -0.39 is 11.7 Å². The van der Waals surface area contributed by atoms with Crippen LogP contribution in [0.4, 0.5) is 9.18 Å². The Morgan fingerprint density at radius 2 is 2.10 bits per heavy atom. The number of benzene rings is 1. The molecule has 1 unspecified atom stereocenters. The van der Waals surface area contributed by atoms with Gasteiger partial charge in [-0.25, -0.2) is 9.18 Å². The fraction of sp³-hybridized carbons (Fsp3) is 0.533. The lowest BCUT2D eigenvalue weighted by Gasteiger charge is -2.21. The predicted octanol–water partition coefficient (Wildman–Crippen LogP) is 3.59. The van der Waals surface area contributed by atoms with E-state index in [1.165, 1.54) is 6.07 Å². The number of rotatable bonds is 5. The minimum Gasteiger partial charge on any atom is -0.444 e. The zero-order valence-corrected chi connectivity index (χ0v) is 14.4. The standard InChI is InChI=1S/C15H22BrFN2O2/c1-10(8-19-14(20)21-15(2,3)4)18-9-11-7-12(16)5-6-13(11)17/h5-7,10,18H,8-9H2,1-4H3,(H,19,20). The maximum absolute atomic E-state index is 13.6. The normalized spacial score (nSPS) is 12.9. The van der Waals surface area contributed by atoms with E-state index in [4.69, 9.17) is 4.74 Å². The van der Waals surface area contributed by atoms with E-state index in [-0.39, 0.29) is 11.9 Å². The predicted molar refractivity (Wildman–Crippen MR) is 84.6 cm³/mol. The van der Waals surface area contributed by atoms with E-state index in [1.807, 2.05) is 27.7 Å². The summed E-state index contributed by atoms with van der Waals surface area (Å²) >= 11 is 3.31. The van der Waals surface area contributed by atoms with Crippen LogP contribution in [0.5, 0.6) is 0 Å². The van der Waals surface area contributed by atoms with Crippen LogP contribution in [0.1, 0.15) is 33.3 Å². The second-order valence-electron chi connectivity index (χ2n) is 5.90. The number of carbonyl (C=O) groups excluding carboxylic acids is 1. The summed E-state index contributed by atoms with van der Waals surface area (Å²) < 4.78 is 19.5. The van der Waals surface area contributed by atoms with Gasteiger partial charge in [0.1, 0.15) is 11.4 Å². The van der Waals surface area contributed by atoms with E-state index >= 15 is 0 Å². The van der Waals surface area contributed by atoms with Crippen LogP contribution in [0.25, 0.3) is 0 Å². The molecule has 6 heteroatoms. The van der Waals surface area contributed by atoms with Gasteiger partial charge >= 0.3 is 6.09 Å². The molecule has 1 aromatic carbocycles. The largest absolute Gasteiger partial charge is 0.444 e. The number of hydrogen-bond acceptors (Lipinski definition) is 3. The van der Waals surface area contributed by atoms with Gasteiger partial charge in [-0.2, -0.15) is 0 Å². The Morgan fingerprint density at radius 1 is 1.43 bits per heavy atom. The highest BCUT2D eigenvalue weighted by Gasteiger charge is 2.16. The van der Waals surface area contributed by atoms with Gasteiger partial charge in [-0.3, -0.25) is 0 Å². The molecule has 2 N–H and O–H groups in total. The molecule has 0 heterocycles. The van der Waals surface area contributed by atoms with Gasteiger partial charge in [0.15, 0.2) is 0 Å². The molecule has 0 saturated carbocycles. The topological polar surface area (TPSA) is 50.4 Å². The van der Waals surface area contributed by atoms with Gasteiger partial charge in [0.2, 0.25) is 0 Å². The molecule has 0 bridgehead atoms. The zero-order chi connectivity index (χ0) is 16.0.